The van der Waals surface area contributed by atoms with Crippen molar-refractivity contribution in [3.8, 4) is 0 Å². The van der Waals surface area contributed by atoms with Gasteiger partial charge in [0, 0.05) is 18.7 Å². The van der Waals surface area contributed by atoms with Gasteiger partial charge in [-0.3, -0.25) is 9.59 Å². The van der Waals surface area contributed by atoms with E-state index in [0.29, 0.717) is 6.54 Å². The third kappa shape index (κ3) is 5.50. The summed E-state index contributed by atoms with van der Waals surface area (Å²) in [6.45, 7) is 9.31. The molecule has 0 bridgehead atoms. The average molecular weight is 408 g/mol. The summed E-state index contributed by atoms with van der Waals surface area (Å²) in [7, 11) is 0. The number of carbonyl (C=O) groups is 2. The molecule has 0 spiro atoms. The summed E-state index contributed by atoms with van der Waals surface area (Å²) in [4.78, 5) is 26.7. The lowest BCUT2D eigenvalue weighted by molar-refractivity contribution is -0.149. The minimum atomic E-state index is -0.411. The summed E-state index contributed by atoms with van der Waals surface area (Å²) < 4.78 is 5.52. The predicted molar refractivity (Wildman–Crippen MR) is 120 cm³/mol. The van der Waals surface area contributed by atoms with Crippen molar-refractivity contribution < 1.29 is 14.3 Å². The fourth-order valence-corrected chi connectivity index (χ4v) is 3.71. The molecule has 30 heavy (non-hydrogen) atoms. The second-order valence-electron chi connectivity index (χ2n) is 9.23. The smallest absolute Gasteiger partial charge is 0.311 e. The Labute approximate surface area is 180 Å². The van der Waals surface area contributed by atoms with E-state index in [-0.39, 0.29) is 30.3 Å². The molecule has 1 heterocycles. The molecular formula is C26H33NO3. The predicted octanol–water partition coefficient (Wildman–Crippen LogP) is 5.42. The molecule has 0 aliphatic carbocycles. The number of hydrogen-bond acceptors (Lipinski definition) is 3. The van der Waals surface area contributed by atoms with E-state index >= 15 is 0 Å². The zero-order valence-corrected chi connectivity index (χ0v) is 18.6. The number of amides is 1. The summed E-state index contributed by atoms with van der Waals surface area (Å²) in [5, 5.41) is 0. The van der Waals surface area contributed by atoms with E-state index in [4.69, 9.17) is 4.74 Å². The number of ether oxygens (including phenoxy) is 1. The molecule has 0 N–H and O–H groups in total. The fraction of sp³-hybridized carbons (Fsp3) is 0.462. The van der Waals surface area contributed by atoms with E-state index in [9.17, 15) is 9.59 Å². The summed E-state index contributed by atoms with van der Waals surface area (Å²) in [5.74, 6) is -0.732. The first-order valence-corrected chi connectivity index (χ1v) is 10.9. The zero-order valence-electron chi connectivity index (χ0n) is 18.6. The molecule has 1 atom stereocenters. The number of unbranched alkanes of at least 4 members (excludes halogenated alkanes) is 1. The normalized spacial score (nSPS) is 16.7. The molecule has 4 nitrogen and oxygen atoms in total. The van der Waals surface area contributed by atoms with Crippen LogP contribution in [0, 0.1) is 5.92 Å². The van der Waals surface area contributed by atoms with E-state index < -0.39 is 5.92 Å². The number of carbonyl (C=O) groups excluding carboxylic acids is 2. The standard InChI is InChI=1S/C26H33NO3/c1-5-6-7-19-10-14-23(15-11-19)27-17-21(16-24(27)28)25(29)30-18-20-8-12-22(13-9-20)26(2,3)4/h8-15,21H,5-7,16-18H2,1-4H3. The van der Waals surface area contributed by atoms with Crippen molar-refractivity contribution in [3.63, 3.8) is 0 Å². The van der Waals surface area contributed by atoms with Crippen LogP contribution in [0.4, 0.5) is 5.69 Å². The maximum Gasteiger partial charge on any atom is 0.311 e. The maximum atomic E-state index is 12.5. The summed E-state index contributed by atoms with van der Waals surface area (Å²) in [6, 6.07) is 16.3. The number of anilines is 1. The Morgan fingerprint density at radius 2 is 1.67 bits per heavy atom. The van der Waals surface area contributed by atoms with Gasteiger partial charge < -0.3 is 9.64 Å². The highest BCUT2D eigenvalue weighted by atomic mass is 16.5. The quantitative estimate of drug-likeness (QED) is 0.576. The minimum absolute atomic E-state index is 0.0206. The van der Waals surface area contributed by atoms with Crippen LogP contribution in [0.1, 0.15) is 63.6 Å². The number of aryl methyl sites for hydroxylation is 1. The highest BCUT2D eigenvalue weighted by Gasteiger charge is 2.36. The number of rotatable bonds is 7. The molecule has 1 unspecified atom stereocenters. The second kappa shape index (κ2) is 9.46. The van der Waals surface area contributed by atoms with Crippen LogP contribution in [0.15, 0.2) is 48.5 Å². The molecule has 1 aliphatic rings. The van der Waals surface area contributed by atoms with E-state index in [0.717, 1.165) is 30.5 Å². The van der Waals surface area contributed by atoms with E-state index in [1.165, 1.54) is 11.1 Å². The van der Waals surface area contributed by atoms with Gasteiger partial charge in [-0.05, 0) is 47.1 Å². The molecule has 0 radical (unpaired) electrons. The first kappa shape index (κ1) is 22.1. The molecule has 1 aliphatic heterocycles. The lowest BCUT2D eigenvalue weighted by atomic mass is 9.87. The number of nitrogens with zero attached hydrogens (tertiary/aromatic N) is 1. The highest BCUT2D eigenvalue weighted by molar-refractivity contribution is 5.99. The van der Waals surface area contributed by atoms with Gasteiger partial charge in [-0.1, -0.05) is 70.5 Å². The van der Waals surface area contributed by atoms with Crippen molar-refractivity contribution in [2.75, 3.05) is 11.4 Å². The lowest BCUT2D eigenvalue weighted by Gasteiger charge is -2.19. The second-order valence-corrected chi connectivity index (χ2v) is 9.23. The highest BCUT2D eigenvalue weighted by Crippen LogP contribution is 2.27. The summed E-state index contributed by atoms with van der Waals surface area (Å²) in [5.41, 5.74) is 4.43. The number of esters is 1. The third-order valence-electron chi connectivity index (χ3n) is 5.73. The Kier molecular flexibility index (Phi) is 6.96. The Bertz CT molecular complexity index is 863. The summed E-state index contributed by atoms with van der Waals surface area (Å²) >= 11 is 0. The molecule has 0 aromatic heterocycles. The van der Waals surface area contributed by atoms with Crippen LogP contribution in [0.3, 0.4) is 0 Å². The first-order chi connectivity index (χ1) is 14.3. The number of hydrogen-bond donors (Lipinski definition) is 0. The Hall–Kier alpha value is -2.62. The fourth-order valence-electron chi connectivity index (χ4n) is 3.71. The van der Waals surface area contributed by atoms with Crippen molar-refractivity contribution in [1.29, 1.82) is 0 Å². The molecule has 1 saturated heterocycles. The van der Waals surface area contributed by atoms with Gasteiger partial charge in [0.2, 0.25) is 5.91 Å². The van der Waals surface area contributed by atoms with E-state index in [2.05, 4.69) is 52.0 Å². The number of benzene rings is 2. The maximum absolute atomic E-state index is 12.5. The lowest BCUT2D eigenvalue weighted by Crippen LogP contribution is -2.26. The van der Waals surface area contributed by atoms with Gasteiger partial charge in [0.1, 0.15) is 6.61 Å². The Morgan fingerprint density at radius 1 is 1.03 bits per heavy atom. The van der Waals surface area contributed by atoms with Crippen molar-refractivity contribution in [2.24, 2.45) is 5.92 Å². The van der Waals surface area contributed by atoms with Crippen LogP contribution >= 0.6 is 0 Å². The molecule has 2 aromatic rings. The van der Waals surface area contributed by atoms with Crippen molar-refractivity contribution in [2.45, 2.75) is 65.4 Å². The van der Waals surface area contributed by atoms with Crippen molar-refractivity contribution in [1.82, 2.24) is 0 Å². The van der Waals surface area contributed by atoms with Crippen LogP contribution in [0.2, 0.25) is 0 Å². The van der Waals surface area contributed by atoms with Gasteiger partial charge in [-0.2, -0.15) is 0 Å². The monoisotopic (exact) mass is 407 g/mol. The van der Waals surface area contributed by atoms with Crippen molar-refractivity contribution in [3.05, 3.63) is 65.2 Å². The van der Waals surface area contributed by atoms with Crippen LogP contribution < -0.4 is 4.90 Å². The molecular weight excluding hydrogens is 374 g/mol. The van der Waals surface area contributed by atoms with Gasteiger partial charge in [0.05, 0.1) is 5.92 Å². The molecule has 4 heteroatoms. The SMILES string of the molecule is CCCCc1ccc(N2CC(C(=O)OCc3ccc(C(C)(C)C)cc3)CC2=O)cc1. The molecule has 0 saturated carbocycles. The average Bonchev–Trinajstić information content (AvgIpc) is 3.12. The minimum Gasteiger partial charge on any atom is -0.461 e. The van der Waals surface area contributed by atoms with Crippen LogP contribution in [0.25, 0.3) is 0 Å². The van der Waals surface area contributed by atoms with E-state index in [1.807, 2.05) is 24.3 Å². The zero-order chi connectivity index (χ0) is 21.7. The summed E-state index contributed by atoms with van der Waals surface area (Å²) in [6.07, 6.45) is 3.58. The van der Waals surface area contributed by atoms with Gasteiger partial charge in [-0.25, -0.2) is 0 Å². The van der Waals surface area contributed by atoms with Crippen LogP contribution in [0.5, 0.6) is 0 Å². The van der Waals surface area contributed by atoms with Gasteiger partial charge in [0.25, 0.3) is 0 Å². The first-order valence-electron chi connectivity index (χ1n) is 10.9. The van der Waals surface area contributed by atoms with Crippen LogP contribution in [-0.2, 0) is 32.8 Å². The largest absolute Gasteiger partial charge is 0.461 e. The van der Waals surface area contributed by atoms with Crippen molar-refractivity contribution >= 4 is 17.6 Å². The van der Waals surface area contributed by atoms with Gasteiger partial charge in [-0.15, -0.1) is 0 Å². The Balaban J connectivity index is 1.54. The van der Waals surface area contributed by atoms with Gasteiger partial charge in [0.15, 0.2) is 0 Å². The third-order valence-corrected chi connectivity index (χ3v) is 5.73. The molecule has 160 valence electrons. The molecule has 3 rings (SSSR count). The Morgan fingerprint density at radius 3 is 2.27 bits per heavy atom. The van der Waals surface area contributed by atoms with E-state index in [1.54, 1.807) is 4.90 Å². The van der Waals surface area contributed by atoms with Gasteiger partial charge >= 0.3 is 5.97 Å². The molecule has 1 amide bonds. The topological polar surface area (TPSA) is 46.6 Å². The molecule has 1 fully saturated rings. The molecule has 2 aromatic carbocycles. The van der Waals surface area contributed by atoms with Crippen LogP contribution in [-0.4, -0.2) is 18.4 Å².